The number of hydrogen-bond acceptors (Lipinski definition) is 4. The molecule has 0 radical (unpaired) electrons. The van der Waals surface area contributed by atoms with Crippen LogP contribution in [0.15, 0.2) is 11.6 Å². The van der Waals surface area contributed by atoms with Crippen LogP contribution >= 0.6 is 0 Å². The molecule has 0 aromatic heterocycles. The van der Waals surface area contributed by atoms with E-state index >= 15 is 0 Å². The van der Waals surface area contributed by atoms with Gasteiger partial charge in [0.05, 0.1) is 6.04 Å². The van der Waals surface area contributed by atoms with E-state index in [9.17, 15) is 9.59 Å². The number of likely N-dealkylation sites (N-methyl/N-ethyl adjacent to an activating group) is 1. The first-order valence-corrected chi connectivity index (χ1v) is 7.89. The molecule has 0 aromatic rings. The summed E-state index contributed by atoms with van der Waals surface area (Å²) in [5, 5.41) is 3.46. The topological polar surface area (TPSA) is 52.7 Å². The Bertz CT molecular complexity index is 421. The zero-order chi connectivity index (χ0) is 15.4. The second-order valence-corrected chi connectivity index (χ2v) is 6.41. The summed E-state index contributed by atoms with van der Waals surface area (Å²) >= 11 is 0. The number of carbonyl (C=O) groups excluding carboxylic acids is 2. The Morgan fingerprint density at radius 1 is 1.24 bits per heavy atom. The molecule has 2 saturated heterocycles. The van der Waals surface area contributed by atoms with Crippen LogP contribution in [0.5, 0.6) is 0 Å². The number of amides is 2. The molecule has 0 aromatic carbocycles. The first kappa shape index (κ1) is 16.2. The van der Waals surface area contributed by atoms with Crippen molar-refractivity contribution in [1.82, 2.24) is 15.1 Å². The summed E-state index contributed by atoms with van der Waals surface area (Å²) in [6.45, 7) is 7.41. The first-order valence-electron chi connectivity index (χ1n) is 7.89. The smallest absolute Gasteiger partial charge is 0.246 e. The summed E-state index contributed by atoms with van der Waals surface area (Å²) in [7, 11) is 1.58. The third-order valence-corrected chi connectivity index (χ3v) is 4.43. The molecule has 21 heavy (non-hydrogen) atoms. The lowest BCUT2D eigenvalue weighted by Gasteiger charge is -2.36. The van der Waals surface area contributed by atoms with Gasteiger partial charge in [0.15, 0.2) is 0 Å². The molecule has 0 spiro atoms. The molecular weight excluding hydrogens is 266 g/mol. The quantitative estimate of drug-likeness (QED) is 0.624. The molecule has 2 aliphatic heterocycles. The van der Waals surface area contributed by atoms with Gasteiger partial charge in [0, 0.05) is 26.1 Å². The predicted molar refractivity (Wildman–Crippen MR) is 82.8 cm³/mol. The molecular formula is C16H27N3O2. The van der Waals surface area contributed by atoms with Crippen LogP contribution in [-0.4, -0.2) is 60.4 Å². The van der Waals surface area contributed by atoms with Gasteiger partial charge in [0.1, 0.15) is 0 Å². The molecule has 118 valence electrons. The Kier molecular flexibility index (Phi) is 5.53. The molecule has 5 heteroatoms. The fourth-order valence-corrected chi connectivity index (χ4v) is 2.95. The summed E-state index contributed by atoms with van der Waals surface area (Å²) in [5.41, 5.74) is 1.36. The standard InChI is InChI=1S/C16H27N3O2/c1-12(2)6-9-19-10-7-13(8-11-19)17-14-4-5-15(20)18(3)16(14)21/h6,13-14,17H,4-5,7-11H2,1-3H3. The van der Waals surface area contributed by atoms with E-state index in [1.54, 1.807) is 7.05 Å². The van der Waals surface area contributed by atoms with Crippen molar-refractivity contribution in [3.05, 3.63) is 11.6 Å². The predicted octanol–water partition coefficient (Wildman–Crippen LogP) is 1.15. The van der Waals surface area contributed by atoms with Crippen molar-refractivity contribution < 1.29 is 9.59 Å². The van der Waals surface area contributed by atoms with E-state index in [4.69, 9.17) is 0 Å². The maximum absolute atomic E-state index is 12.1. The minimum Gasteiger partial charge on any atom is -0.303 e. The summed E-state index contributed by atoms with van der Waals surface area (Å²) in [6.07, 6.45) is 5.51. The van der Waals surface area contributed by atoms with Crippen molar-refractivity contribution in [2.24, 2.45) is 0 Å². The SMILES string of the molecule is CC(C)=CCN1CCC(NC2CCC(=O)N(C)C2=O)CC1. The molecule has 5 nitrogen and oxygen atoms in total. The molecule has 0 bridgehead atoms. The summed E-state index contributed by atoms with van der Waals surface area (Å²) in [4.78, 5) is 27.3. The number of rotatable bonds is 4. The van der Waals surface area contributed by atoms with Gasteiger partial charge >= 0.3 is 0 Å². The Morgan fingerprint density at radius 2 is 1.90 bits per heavy atom. The zero-order valence-corrected chi connectivity index (χ0v) is 13.4. The van der Waals surface area contributed by atoms with Gasteiger partial charge in [0.25, 0.3) is 0 Å². The lowest BCUT2D eigenvalue weighted by atomic mass is 9.99. The highest BCUT2D eigenvalue weighted by Crippen LogP contribution is 2.16. The van der Waals surface area contributed by atoms with Crippen molar-refractivity contribution in [1.29, 1.82) is 0 Å². The zero-order valence-electron chi connectivity index (χ0n) is 13.4. The second kappa shape index (κ2) is 7.18. The van der Waals surface area contributed by atoms with Gasteiger partial charge in [0.2, 0.25) is 11.8 Å². The molecule has 2 rings (SSSR count). The third kappa shape index (κ3) is 4.38. The number of nitrogens with zero attached hydrogens (tertiary/aromatic N) is 2. The van der Waals surface area contributed by atoms with Crippen LogP contribution in [0.3, 0.4) is 0 Å². The van der Waals surface area contributed by atoms with Crippen molar-refractivity contribution in [2.45, 2.75) is 51.6 Å². The monoisotopic (exact) mass is 293 g/mol. The normalized spacial score (nSPS) is 25.3. The molecule has 2 heterocycles. The van der Waals surface area contributed by atoms with Crippen LogP contribution in [0.25, 0.3) is 0 Å². The van der Waals surface area contributed by atoms with E-state index in [2.05, 4.69) is 30.1 Å². The molecule has 2 aliphatic rings. The Balaban J connectivity index is 1.77. The van der Waals surface area contributed by atoms with Gasteiger partial charge in [-0.25, -0.2) is 0 Å². The molecule has 1 N–H and O–H groups in total. The van der Waals surface area contributed by atoms with Gasteiger partial charge < -0.3 is 5.32 Å². The number of imide groups is 1. The van der Waals surface area contributed by atoms with Crippen molar-refractivity contribution in [3.8, 4) is 0 Å². The average Bonchev–Trinajstić information content (AvgIpc) is 2.47. The largest absolute Gasteiger partial charge is 0.303 e. The van der Waals surface area contributed by atoms with E-state index < -0.39 is 0 Å². The third-order valence-electron chi connectivity index (χ3n) is 4.43. The van der Waals surface area contributed by atoms with Crippen LogP contribution in [0.1, 0.15) is 39.5 Å². The van der Waals surface area contributed by atoms with Gasteiger partial charge in [-0.3, -0.25) is 19.4 Å². The molecule has 2 amide bonds. The van der Waals surface area contributed by atoms with E-state index in [1.165, 1.54) is 10.5 Å². The van der Waals surface area contributed by atoms with Crippen LogP contribution in [-0.2, 0) is 9.59 Å². The summed E-state index contributed by atoms with van der Waals surface area (Å²) < 4.78 is 0. The van der Waals surface area contributed by atoms with E-state index in [1.807, 2.05) is 0 Å². The summed E-state index contributed by atoms with van der Waals surface area (Å²) in [6, 6.07) is 0.213. The molecule has 1 atom stereocenters. The number of piperidine rings is 2. The average molecular weight is 293 g/mol. The Hall–Kier alpha value is -1.20. The lowest BCUT2D eigenvalue weighted by Crippen LogP contribution is -2.55. The van der Waals surface area contributed by atoms with Gasteiger partial charge in [-0.15, -0.1) is 0 Å². The highest BCUT2D eigenvalue weighted by atomic mass is 16.2. The lowest BCUT2D eigenvalue weighted by molar-refractivity contribution is -0.148. The molecule has 0 aliphatic carbocycles. The number of carbonyl (C=O) groups is 2. The van der Waals surface area contributed by atoms with Crippen molar-refractivity contribution >= 4 is 11.8 Å². The van der Waals surface area contributed by atoms with Crippen molar-refractivity contribution in [2.75, 3.05) is 26.7 Å². The number of nitrogens with one attached hydrogen (secondary N) is 1. The van der Waals surface area contributed by atoms with Crippen LogP contribution in [0, 0.1) is 0 Å². The minimum atomic E-state index is -0.179. The number of hydrogen-bond donors (Lipinski definition) is 1. The number of likely N-dealkylation sites (tertiary alicyclic amines) is 2. The minimum absolute atomic E-state index is 0.0606. The molecule has 2 fully saturated rings. The summed E-state index contributed by atoms with van der Waals surface area (Å²) in [5.74, 6) is -0.132. The van der Waals surface area contributed by atoms with Gasteiger partial charge in [-0.1, -0.05) is 11.6 Å². The van der Waals surface area contributed by atoms with E-state index in [-0.39, 0.29) is 17.9 Å². The van der Waals surface area contributed by atoms with Crippen LogP contribution in [0.2, 0.25) is 0 Å². The van der Waals surface area contributed by atoms with Gasteiger partial charge in [-0.05, 0) is 46.2 Å². The fraction of sp³-hybridized carbons (Fsp3) is 0.750. The van der Waals surface area contributed by atoms with Crippen LogP contribution in [0.4, 0.5) is 0 Å². The van der Waals surface area contributed by atoms with E-state index in [0.29, 0.717) is 18.9 Å². The Morgan fingerprint density at radius 3 is 2.52 bits per heavy atom. The highest BCUT2D eigenvalue weighted by Gasteiger charge is 2.33. The van der Waals surface area contributed by atoms with Gasteiger partial charge in [-0.2, -0.15) is 0 Å². The van der Waals surface area contributed by atoms with Crippen molar-refractivity contribution in [3.63, 3.8) is 0 Å². The second-order valence-electron chi connectivity index (χ2n) is 6.41. The fourth-order valence-electron chi connectivity index (χ4n) is 2.95. The molecule has 1 unspecified atom stereocenters. The molecule has 0 saturated carbocycles. The maximum Gasteiger partial charge on any atom is 0.246 e. The maximum atomic E-state index is 12.1. The van der Waals surface area contributed by atoms with E-state index in [0.717, 1.165) is 32.5 Å². The number of allylic oxidation sites excluding steroid dienone is 1. The highest BCUT2D eigenvalue weighted by molar-refractivity contribution is 6.00. The Labute approximate surface area is 127 Å². The first-order chi connectivity index (χ1) is 9.97. The van der Waals surface area contributed by atoms with Crippen LogP contribution < -0.4 is 5.32 Å².